The molecule has 0 aliphatic heterocycles. The van der Waals surface area contributed by atoms with Crippen LogP contribution < -0.4 is 5.32 Å². The molecule has 0 saturated heterocycles. The second kappa shape index (κ2) is 7.89. The highest BCUT2D eigenvalue weighted by atomic mass is 16.1. The van der Waals surface area contributed by atoms with Crippen LogP contribution in [0.2, 0.25) is 0 Å². The largest absolute Gasteiger partial charge is 0.361 e. The number of carbonyl (C=O) groups is 1. The first-order chi connectivity index (χ1) is 6.68. The molecule has 0 aromatic rings. The van der Waals surface area contributed by atoms with E-state index in [9.17, 15) is 4.79 Å². The molecule has 0 aliphatic carbocycles. The lowest BCUT2D eigenvalue weighted by Gasteiger charge is -2.29. The van der Waals surface area contributed by atoms with E-state index in [0.717, 1.165) is 19.3 Å². The minimum atomic E-state index is 0.0347. The summed E-state index contributed by atoms with van der Waals surface area (Å²) in [6.07, 6.45) is 9.19. The van der Waals surface area contributed by atoms with Crippen molar-refractivity contribution in [3.05, 3.63) is 0 Å². The highest BCUT2D eigenvalue weighted by molar-refractivity contribution is 6.16. The van der Waals surface area contributed by atoms with E-state index in [1.54, 1.807) is 0 Å². The zero-order valence-electron chi connectivity index (χ0n) is 9.94. The van der Waals surface area contributed by atoms with E-state index < -0.39 is 0 Å². The fraction of sp³-hybridized carbons (Fsp3) is 0.909. The first-order valence-corrected chi connectivity index (χ1v) is 5.90. The fourth-order valence-electron chi connectivity index (χ4n) is 1.74. The zero-order valence-corrected chi connectivity index (χ0v) is 9.94. The summed E-state index contributed by atoms with van der Waals surface area (Å²) in [6, 6.07) is 0. The van der Waals surface area contributed by atoms with Gasteiger partial charge in [0.2, 0.25) is 6.41 Å². The quantitative estimate of drug-likeness (QED) is 0.341. The average Bonchev–Trinajstić information content (AvgIpc) is 2.16. The van der Waals surface area contributed by atoms with Crippen molar-refractivity contribution < 1.29 is 4.79 Å². The summed E-state index contributed by atoms with van der Waals surface area (Å²) in [6.45, 7) is 4.39. The molecule has 0 spiro atoms. The predicted molar refractivity (Wildman–Crippen MR) is 64.1 cm³/mol. The van der Waals surface area contributed by atoms with Gasteiger partial charge in [-0.1, -0.05) is 46.0 Å². The number of hydrogen-bond acceptors (Lipinski definition) is 1. The van der Waals surface area contributed by atoms with E-state index in [1.165, 1.54) is 32.1 Å². The average molecular weight is 197 g/mol. The van der Waals surface area contributed by atoms with Gasteiger partial charge >= 0.3 is 0 Å². The molecule has 0 heterocycles. The van der Waals surface area contributed by atoms with Crippen LogP contribution in [0, 0.1) is 0 Å². The first-order valence-electron chi connectivity index (χ1n) is 5.90. The molecule has 2 nitrogen and oxygen atoms in total. The van der Waals surface area contributed by atoms with Crippen LogP contribution in [0.15, 0.2) is 0 Å². The van der Waals surface area contributed by atoms with E-state index in [-0.39, 0.29) is 5.44 Å². The molecule has 82 valence electrons. The van der Waals surface area contributed by atoms with Crippen molar-refractivity contribution in [2.24, 2.45) is 0 Å². The molecule has 3 heteroatoms. The van der Waals surface area contributed by atoms with Crippen molar-refractivity contribution in [1.82, 2.24) is 5.32 Å². The topological polar surface area (TPSA) is 29.1 Å². The van der Waals surface area contributed by atoms with Crippen molar-refractivity contribution in [1.29, 1.82) is 0 Å². The van der Waals surface area contributed by atoms with Crippen molar-refractivity contribution in [3.63, 3.8) is 0 Å². The molecule has 1 N–H and O–H groups in total. The summed E-state index contributed by atoms with van der Waals surface area (Å²) in [7, 11) is 2.16. The summed E-state index contributed by atoms with van der Waals surface area (Å²) in [5.41, 5.74) is 0.0347. The standard InChI is InChI=1S/C11H24BNO/c1-3-5-7-9-11(12,13-10-14)8-6-4-2/h10H,3-9,12H2,1-2H3,(H,13,14). The second-order valence-corrected chi connectivity index (χ2v) is 4.38. The molecule has 1 unspecified atom stereocenters. The van der Waals surface area contributed by atoms with Gasteiger partial charge in [0.05, 0.1) is 0 Å². The number of carbonyl (C=O) groups excluding carboxylic acids is 1. The van der Waals surface area contributed by atoms with Gasteiger partial charge in [-0.3, -0.25) is 4.79 Å². The molecule has 1 atom stereocenters. The van der Waals surface area contributed by atoms with Gasteiger partial charge in [0, 0.05) is 5.44 Å². The molecule has 0 rings (SSSR count). The highest BCUT2D eigenvalue weighted by Crippen LogP contribution is 2.18. The van der Waals surface area contributed by atoms with Crippen molar-refractivity contribution in [3.8, 4) is 0 Å². The summed E-state index contributed by atoms with van der Waals surface area (Å²) in [5.74, 6) is 0. The SMILES string of the molecule is BC(CCCC)(CCCCC)NC=O. The Hall–Kier alpha value is -0.465. The number of rotatable bonds is 9. The third-order valence-electron chi connectivity index (χ3n) is 2.82. The molecule has 1 amide bonds. The Bertz CT molecular complexity index is 152. The number of unbranched alkanes of at least 4 members (excludes halogenated alkanes) is 3. The molecule has 0 aromatic heterocycles. The molecule has 0 aliphatic rings. The van der Waals surface area contributed by atoms with Crippen LogP contribution in [-0.2, 0) is 4.79 Å². The lowest BCUT2D eigenvalue weighted by Crippen LogP contribution is -2.45. The number of hydrogen-bond donors (Lipinski definition) is 1. The molecule has 0 radical (unpaired) electrons. The molecular formula is C11H24BNO. The Morgan fingerprint density at radius 3 is 2.21 bits per heavy atom. The summed E-state index contributed by atoms with van der Waals surface area (Å²) in [5, 5.41) is 2.97. The fourth-order valence-corrected chi connectivity index (χ4v) is 1.74. The summed E-state index contributed by atoms with van der Waals surface area (Å²) in [4.78, 5) is 10.5. The van der Waals surface area contributed by atoms with Gasteiger partial charge in [0.1, 0.15) is 7.85 Å². The van der Waals surface area contributed by atoms with Crippen LogP contribution in [0.3, 0.4) is 0 Å². The van der Waals surface area contributed by atoms with E-state index in [1.807, 2.05) is 0 Å². The molecule has 0 bridgehead atoms. The van der Waals surface area contributed by atoms with E-state index in [0.29, 0.717) is 0 Å². The van der Waals surface area contributed by atoms with Gasteiger partial charge in [-0.15, -0.1) is 0 Å². The van der Waals surface area contributed by atoms with E-state index >= 15 is 0 Å². The predicted octanol–water partition coefficient (Wildman–Crippen LogP) is 1.83. The second-order valence-electron chi connectivity index (χ2n) is 4.38. The van der Waals surface area contributed by atoms with Gasteiger partial charge in [-0.25, -0.2) is 0 Å². The van der Waals surface area contributed by atoms with E-state index in [4.69, 9.17) is 0 Å². The summed E-state index contributed by atoms with van der Waals surface area (Å²) < 4.78 is 0. The van der Waals surface area contributed by atoms with Crippen LogP contribution in [-0.4, -0.2) is 19.7 Å². The molecule has 14 heavy (non-hydrogen) atoms. The Kier molecular flexibility index (Phi) is 7.63. The monoisotopic (exact) mass is 197 g/mol. The first kappa shape index (κ1) is 13.5. The van der Waals surface area contributed by atoms with Crippen LogP contribution >= 0.6 is 0 Å². The minimum Gasteiger partial charge on any atom is -0.361 e. The smallest absolute Gasteiger partial charge is 0.206 e. The van der Waals surface area contributed by atoms with Gasteiger partial charge in [-0.2, -0.15) is 0 Å². The maximum Gasteiger partial charge on any atom is 0.206 e. The third kappa shape index (κ3) is 6.06. The lowest BCUT2D eigenvalue weighted by atomic mass is 9.70. The van der Waals surface area contributed by atoms with Gasteiger partial charge in [0.25, 0.3) is 0 Å². The highest BCUT2D eigenvalue weighted by Gasteiger charge is 2.21. The molecule has 0 fully saturated rings. The maximum absolute atomic E-state index is 10.5. The van der Waals surface area contributed by atoms with Gasteiger partial charge in [0.15, 0.2) is 0 Å². The van der Waals surface area contributed by atoms with Crippen LogP contribution in [0.25, 0.3) is 0 Å². The Balaban J connectivity index is 3.88. The third-order valence-corrected chi connectivity index (χ3v) is 2.82. The molecule has 0 saturated carbocycles. The normalized spacial score (nSPS) is 14.7. The van der Waals surface area contributed by atoms with Crippen LogP contribution in [0.1, 0.15) is 58.8 Å². The Morgan fingerprint density at radius 2 is 1.71 bits per heavy atom. The maximum atomic E-state index is 10.5. The molecular weight excluding hydrogens is 173 g/mol. The van der Waals surface area contributed by atoms with Crippen LogP contribution in [0.5, 0.6) is 0 Å². The number of amides is 1. The Morgan fingerprint density at radius 1 is 1.14 bits per heavy atom. The minimum absolute atomic E-state index is 0.0347. The van der Waals surface area contributed by atoms with Crippen molar-refractivity contribution in [2.45, 2.75) is 64.2 Å². The van der Waals surface area contributed by atoms with Crippen molar-refractivity contribution >= 4 is 14.3 Å². The number of nitrogens with one attached hydrogen (secondary N) is 1. The summed E-state index contributed by atoms with van der Waals surface area (Å²) >= 11 is 0. The lowest BCUT2D eigenvalue weighted by molar-refractivity contribution is -0.110. The van der Waals surface area contributed by atoms with E-state index in [2.05, 4.69) is 27.0 Å². The van der Waals surface area contributed by atoms with Gasteiger partial charge < -0.3 is 5.32 Å². The van der Waals surface area contributed by atoms with Crippen molar-refractivity contribution in [2.75, 3.05) is 0 Å². The molecule has 0 aromatic carbocycles. The zero-order chi connectivity index (χ0) is 10.9. The van der Waals surface area contributed by atoms with Crippen LogP contribution in [0.4, 0.5) is 0 Å². The Labute approximate surface area is 89.3 Å². The van der Waals surface area contributed by atoms with Gasteiger partial charge in [-0.05, 0) is 12.8 Å².